The molecular formula is C19H22Cl2N2O4S. The molecule has 1 amide bonds. The second-order valence-electron chi connectivity index (χ2n) is 6.67. The molecule has 0 saturated heterocycles. The number of aryl methyl sites for hydroxylation is 1. The molecule has 152 valence electrons. The van der Waals surface area contributed by atoms with Crippen LogP contribution < -0.4 is 14.8 Å². The predicted octanol–water partition coefficient (Wildman–Crippen LogP) is 4.25. The third kappa shape index (κ3) is 6.67. The van der Waals surface area contributed by atoms with Gasteiger partial charge in [-0.2, -0.15) is 0 Å². The number of ether oxygens (including phenoxy) is 1. The lowest BCUT2D eigenvalue weighted by Crippen LogP contribution is -2.27. The van der Waals surface area contributed by atoms with Crippen LogP contribution in [0.25, 0.3) is 0 Å². The highest BCUT2D eigenvalue weighted by atomic mass is 35.5. The lowest BCUT2D eigenvalue weighted by Gasteiger charge is -2.13. The molecule has 0 aliphatic carbocycles. The van der Waals surface area contributed by atoms with Crippen molar-refractivity contribution in [2.45, 2.75) is 25.7 Å². The number of hydrogen-bond donors (Lipinski definition) is 2. The number of carbonyl (C=O) groups is 1. The van der Waals surface area contributed by atoms with Gasteiger partial charge < -0.3 is 10.1 Å². The van der Waals surface area contributed by atoms with Crippen molar-refractivity contribution < 1.29 is 17.9 Å². The predicted molar refractivity (Wildman–Crippen MR) is 112 cm³/mol. The van der Waals surface area contributed by atoms with E-state index in [-0.39, 0.29) is 17.4 Å². The van der Waals surface area contributed by atoms with Gasteiger partial charge in [0.05, 0.1) is 4.90 Å². The highest BCUT2D eigenvalue weighted by molar-refractivity contribution is 7.89. The lowest BCUT2D eigenvalue weighted by atomic mass is 10.2. The van der Waals surface area contributed by atoms with E-state index in [9.17, 15) is 13.2 Å². The minimum absolute atomic E-state index is 0.149. The standard InChI is InChI=1S/C19H22Cl2N2O4S/c1-12(2)10-22-28(25,26)17-4-5-18(13(3)6-17)27-11-19(24)23-16-8-14(20)7-15(21)9-16/h4-9,12,22H,10-11H2,1-3H3,(H,23,24). The molecule has 2 aromatic carbocycles. The van der Waals surface area contributed by atoms with Crippen molar-refractivity contribution in [1.29, 1.82) is 0 Å². The Kier molecular flexibility index (Phi) is 7.71. The van der Waals surface area contributed by atoms with E-state index in [2.05, 4.69) is 10.0 Å². The highest BCUT2D eigenvalue weighted by Crippen LogP contribution is 2.23. The Morgan fingerprint density at radius 1 is 1.11 bits per heavy atom. The average Bonchev–Trinajstić information content (AvgIpc) is 2.58. The summed E-state index contributed by atoms with van der Waals surface area (Å²) in [6.07, 6.45) is 0. The van der Waals surface area contributed by atoms with E-state index in [0.717, 1.165) is 0 Å². The van der Waals surface area contributed by atoms with E-state index in [1.165, 1.54) is 18.2 Å². The fourth-order valence-electron chi connectivity index (χ4n) is 2.28. The van der Waals surface area contributed by atoms with Gasteiger partial charge in [0, 0.05) is 22.3 Å². The molecule has 0 atom stereocenters. The van der Waals surface area contributed by atoms with Gasteiger partial charge in [0.2, 0.25) is 10.0 Å². The van der Waals surface area contributed by atoms with Gasteiger partial charge in [-0.25, -0.2) is 13.1 Å². The van der Waals surface area contributed by atoms with Gasteiger partial charge >= 0.3 is 0 Å². The molecule has 28 heavy (non-hydrogen) atoms. The van der Waals surface area contributed by atoms with Crippen molar-refractivity contribution in [3.05, 3.63) is 52.0 Å². The molecule has 0 aliphatic rings. The first kappa shape index (κ1) is 22.5. The van der Waals surface area contributed by atoms with Gasteiger partial charge in [-0.05, 0) is 54.8 Å². The largest absolute Gasteiger partial charge is 0.483 e. The molecule has 0 aromatic heterocycles. The summed E-state index contributed by atoms with van der Waals surface area (Å²) < 4.78 is 32.6. The Labute approximate surface area is 175 Å². The van der Waals surface area contributed by atoms with Crippen LogP contribution in [0, 0.1) is 12.8 Å². The minimum Gasteiger partial charge on any atom is -0.483 e. The Bertz CT molecular complexity index is 942. The molecule has 2 rings (SSSR count). The third-order valence-corrected chi connectivity index (χ3v) is 5.50. The van der Waals surface area contributed by atoms with Gasteiger partial charge in [-0.3, -0.25) is 4.79 Å². The average molecular weight is 445 g/mol. The number of halogens is 2. The third-order valence-electron chi connectivity index (χ3n) is 3.64. The zero-order valence-electron chi connectivity index (χ0n) is 15.8. The quantitative estimate of drug-likeness (QED) is 0.636. The summed E-state index contributed by atoms with van der Waals surface area (Å²) in [4.78, 5) is 12.2. The van der Waals surface area contributed by atoms with Gasteiger partial charge in [0.25, 0.3) is 5.91 Å². The molecule has 2 aromatic rings. The maximum Gasteiger partial charge on any atom is 0.262 e. The molecule has 0 saturated carbocycles. The van der Waals surface area contributed by atoms with Crippen LogP contribution in [0.5, 0.6) is 5.75 Å². The summed E-state index contributed by atoms with van der Waals surface area (Å²) in [5, 5.41) is 3.45. The molecule has 0 heterocycles. The summed E-state index contributed by atoms with van der Waals surface area (Å²) in [7, 11) is -3.58. The number of sulfonamides is 1. The number of rotatable bonds is 8. The molecule has 0 radical (unpaired) electrons. The van der Waals surface area contributed by atoms with Crippen LogP contribution in [0.3, 0.4) is 0 Å². The zero-order valence-corrected chi connectivity index (χ0v) is 18.1. The second-order valence-corrected chi connectivity index (χ2v) is 9.31. The van der Waals surface area contributed by atoms with Crippen LogP contribution in [0.15, 0.2) is 41.3 Å². The van der Waals surface area contributed by atoms with Crippen molar-refractivity contribution in [2.75, 3.05) is 18.5 Å². The van der Waals surface area contributed by atoms with Crippen molar-refractivity contribution in [2.24, 2.45) is 5.92 Å². The summed E-state index contributed by atoms with van der Waals surface area (Å²) in [6.45, 7) is 5.67. The minimum atomic E-state index is -3.58. The van der Waals surface area contributed by atoms with Crippen molar-refractivity contribution in [3.63, 3.8) is 0 Å². The topological polar surface area (TPSA) is 84.5 Å². The molecule has 9 heteroatoms. The van der Waals surface area contributed by atoms with Crippen LogP contribution >= 0.6 is 23.2 Å². The van der Waals surface area contributed by atoms with E-state index < -0.39 is 15.9 Å². The molecule has 0 bridgehead atoms. The Morgan fingerprint density at radius 2 is 1.75 bits per heavy atom. The van der Waals surface area contributed by atoms with E-state index in [4.69, 9.17) is 27.9 Å². The first-order chi connectivity index (χ1) is 13.1. The number of benzene rings is 2. The SMILES string of the molecule is Cc1cc(S(=O)(=O)NCC(C)C)ccc1OCC(=O)Nc1cc(Cl)cc(Cl)c1. The van der Waals surface area contributed by atoms with Crippen molar-refractivity contribution in [3.8, 4) is 5.75 Å². The van der Waals surface area contributed by atoms with Crippen LogP contribution in [0.1, 0.15) is 19.4 Å². The Hall–Kier alpha value is -1.80. The van der Waals surface area contributed by atoms with E-state index in [0.29, 0.717) is 33.6 Å². The van der Waals surface area contributed by atoms with Crippen LogP contribution in [0.4, 0.5) is 5.69 Å². The molecule has 2 N–H and O–H groups in total. The highest BCUT2D eigenvalue weighted by Gasteiger charge is 2.16. The summed E-state index contributed by atoms with van der Waals surface area (Å²) in [5.41, 5.74) is 1.06. The summed E-state index contributed by atoms with van der Waals surface area (Å²) >= 11 is 11.8. The normalized spacial score (nSPS) is 11.5. The molecule has 0 aliphatic heterocycles. The molecule has 6 nitrogen and oxygen atoms in total. The summed E-state index contributed by atoms with van der Waals surface area (Å²) in [6, 6.07) is 9.18. The molecule has 0 unspecified atom stereocenters. The fraction of sp³-hybridized carbons (Fsp3) is 0.316. The second kappa shape index (κ2) is 9.60. The van der Waals surface area contributed by atoms with Crippen LogP contribution in [-0.2, 0) is 14.8 Å². The number of nitrogens with one attached hydrogen (secondary N) is 2. The van der Waals surface area contributed by atoms with Crippen LogP contribution in [-0.4, -0.2) is 27.5 Å². The van der Waals surface area contributed by atoms with E-state index in [1.54, 1.807) is 25.1 Å². The van der Waals surface area contributed by atoms with Crippen molar-refractivity contribution in [1.82, 2.24) is 4.72 Å². The monoisotopic (exact) mass is 444 g/mol. The Balaban J connectivity index is 2.00. The Morgan fingerprint density at radius 3 is 2.32 bits per heavy atom. The lowest BCUT2D eigenvalue weighted by molar-refractivity contribution is -0.118. The number of amides is 1. The zero-order chi connectivity index (χ0) is 20.9. The maximum absolute atomic E-state index is 12.3. The molecule has 0 fully saturated rings. The van der Waals surface area contributed by atoms with Gasteiger partial charge in [-0.15, -0.1) is 0 Å². The van der Waals surface area contributed by atoms with E-state index >= 15 is 0 Å². The smallest absolute Gasteiger partial charge is 0.262 e. The summed E-state index contributed by atoms with van der Waals surface area (Å²) in [5.74, 6) is 0.224. The van der Waals surface area contributed by atoms with Gasteiger partial charge in [-0.1, -0.05) is 37.0 Å². The number of carbonyl (C=O) groups excluding carboxylic acids is 1. The van der Waals surface area contributed by atoms with Gasteiger partial charge in [0.15, 0.2) is 6.61 Å². The first-order valence-corrected chi connectivity index (χ1v) is 10.8. The van der Waals surface area contributed by atoms with Crippen molar-refractivity contribution >= 4 is 44.8 Å². The van der Waals surface area contributed by atoms with Crippen LogP contribution in [0.2, 0.25) is 10.0 Å². The number of anilines is 1. The van der Waals surface area contributed by atoms with E-state index in [1.807, 2.05) is 13.8 Å². The molecule has 0 spiro atoms. The fourth-order valence-corrected chi connectivity index (χ4v) is 4.10. The number of hydrogen-bond acceptors (Lipinski definition) is 4. The maximum atomic E-state index is 12.3. The molecular weight excluding hydrogens is 423 g/mol. The van der Waals surface area contributed by atoms with Gasteiger partial charge in [0.1, 0.15) is 5.75 Å². The first-order valence-electron chi connectivity index (χ1n) is 8.56.